The molecular weight excluding hydrogens is 250 g/mol. The minimum atomic E-state index is 1.62. The molecule has 4 rings (SSSR count). The summed E-state index contributed by atoms with van der Waals surface area (Å²) in [5, 5.41) is 0. The van der Waals surface area contributed by atoms with Gasteiger partial charge in [0.05, 0.1) is 6.33 Å². The van der Waals surface area contributed by atoms with Gasteiger partial charge in [-0.2, -0.15) is 0 Å². The SMILES string of the molecule is c1c[nH]cn1.c1cc[nH]c1.c1cc[nH]c1.c1cc[nH]c1. The second-order valence-electron chi connectivity index (χ2n) is 3.42. The van der Waals surface area contributed by atoms with Crippen LogP contribution in [0.4, 0.5) is 0 Å². The van der Waals surface area contributed by atoms with E-state index >= 15 is 0 Å². The molecule has 0 radical (unpaired) electrons. The van der Waals surface area contributed by atoms with Gasteiger partial charge in [-0.25, -0.2) is 4.98 Å². The monoisotopic (exact) mass is 269 g/mol. The first-order chi connectivity index (χ1) is 10.0. The molecule has 0 amide bonds. The number of hydrogen-bond donors (Lipinski definition) is 4. The van der Waals surface area contributed by atoms with Crippen LogP contribution < -0.4 is 0 Å². The Balaban J connectivity index is 0.000000133. The molecule has 0 bridgehead atoms. The van der Waals surface area contributed by atoms with E-state index in [-0.39, 0.29) is 0 Å². The first kappa shape index (κ1) is 15.1. The lowest BCUT2D eigenvalue weighted by atomic mass is 10.7. The topological polar surface area (TPSA) is 76.0 Å². The van der Waals surface area contributed by atoms with Crippen LogP contribution in [-0.4, -0.2) is 24.9 Å². The summed E-state index contributed by atoms with van der Waals surface area (Å²) >= 11 is 0. The van der Waals surface area contributed by atoms with E-state index in [0.29, 0.717) is 0 Å². The van der Waals surface area contributed by atoms with Crippen molar-refractivity contribution in [3.05, 3.63) is 92.3 Å². The van der Waals surface area contributed by atoms with Gasteiger partial charge in [0.2, 0.25) is 0 Å². The van der Waals surface area contributed by atoms with E-state index in [9.17, 15) is 0 Å². The van der Waals surface area contributed by atoms with Gasteiger partial charge < -0.3 is 19.9 Å². The molecule has 0 aliphatic carbocycles. The minimum Gasteiger partial charge on any atom is -0.368 e. The quantitative estimate of drug-likeness (QED) is 0.388. The molecule has 5 heteroatoms. The highest BCUT2D eigenvalue weighted by molar-refractivity contribution is 4.85. The predicted octanol–water partition coefficient (Wildman–Crippen LogP) is 3.45. The molecule has 0 spiro atoms. The van der Waals surface area contributed by atoms with Crippen molar-refractivity contribution in [3.63, 3.8) is 0 Å². The summed E-state index contributed by atoms with van der Waals surface area (Å²) in [5.74, 6) is 0. The van der Waals surface area contributed by atoms with Crippen LogP contribution >= 0.6 is 0 Å². The number of H-pyrrole nitrogens is 4. The number of aromatic nitrogens is 5. The number of imidazole rings is 1. The predicted molar refractivity (Wildman–Crippen MR) is 81.0 cm³/mol. The molecule has 5 nitrogen and oxygen atoms in total. The lowest BCUT2D eigenvalue weighted by molar-refractivity contribution is 1.31. The molecule has 0 unspecified atom stereocenters. The Morgan fingerprint density at radius 1 is 0.450 bits per heavy atom. The zero-order valence-corrected chi connectivity index (χ0v) is 11.1. The fourth-order valence-corrected chi connectivity index (χ4v) is 1.05. The molecule has 4 heterocycles. The summed E-state index contributed by atoms with van der Waals surface area (Å²) in [6, 6.07) is 11.7. The van der Waals surface area contributed by atoms with Crippen molar-refractivity contribution in [2.45, 2.75) is 0 Å². The zero-order valence-electron chi connectivity index (χ0n) is 11.1. The van der Waals surface area contributed by atoms with Crippen LogP contribution in [0, 0.1) is 0 Å². The summed E-state index contributed by atoms with van der Waals surface area (Å²) in [4.78, 5) is 15.0. The highest BCUT2D eigenvalue weighted by Crippen LogP contribution is 1.73. The molecule has 4 aromatic heterocycles. The van der Waals surface area contributed by atoms with Crippen molar-refractivity contribution in [2.75, 3.05) is 0 Å². The molecule has 0 aliphatic heterocycles. The van der Waals surface area contributed by atoms with E-state index in [1.807, 2.05) is 73.6 Å². The highest BCUT2D eigenvalue weighted by Gasteiger charge is 1.57. The molecule has 104 valence electrons. The lowest BCUT2D eigenvalue weighted by Crippen LogP contribution is -1.44. The first-order valence-corrected chi connectivity index (χ1v) is 6.16. The number of rotatable bonds is 0. The van der Waals surface area contributed by atoms with Gasteiger partial charge in [0.15, 0.2) is 0 Å². The van der Waals surface area contributed by atoms with Crippen molar-refractivity contribution in [1.82, 2.24) is 24.9 Å². The number of aromatic amines is 4. The molecule has 0 aliphatic rings. The maximum Gasteiger partial charge on any atom is 0.0919 e. The van der Waals surface area contributed by atoms with E-state index in [1.165, 1.54) is 0 Å². The molecule has 0 saturated heterocycles. The van der Waals surface area contributed by atoms with E-state index in [4.69, 9.17) is 0 Å². The molecular formula is C15H19N5. The number of hydrogen-bond acceptors (Lipinski definition) is 1. The van der Waals surface area contributed by atoms with Crippen molar-refractivity contribution in [1.29, 1.82) is 0 Å². The Bertz CT molecular complexity index is 347. The normalized spacial score (nSPS) is 8.00. The first-order valence-electron chi connectivity index (χ1n) is 6.16. The standard InChI is InChI=1S/3C4H5N.C3H4N2/c3*1-2-4-5-3-1;1-2-5-3-4-1/h3*1-5H;1-3H,(H,4,5). The smallest absolute Gasteiger partial charge is 0.0919 e. The van der Waals surface area contributed by atoms with Crippen LogP contribution in [0.1, 0.15) is 0 Å². The van der Waals surface area contributed by atoms with Crippen LogP contribution in [0.5, 0.6) is 0 Å². The molecule has 0 fully saturated rings. The Hall–Kier alpha value is -2.95. The van der Waals surface area contributed by atoms with E-state index in [0.717, 1.165) is 0 Å². The van der Waals surface area contributed by atoms with Gasteiger partial charge in [-0.1, -0.05) is 0 Å². The summed E-state index contributed by atoms with van der Waals surface area (Å²) in [6.07, 6.45) is 16.3. The third-order valence-corrected chi connectivity index (χ3v) is 1.89. The Morgan fingerprint density at radius 2 is 0.850 bits per heavy atom. The molecule has 0 atom stereocenters. The summed E-state index contributed by atoms with van der Waals surface area (Å²) in [7, 11) is 0. The van der Waals surface area contributed by atoms with Gasteiger partial charge in [0.1, 0.15) is 0 Å². The fourth-order valence-electron chi connectivity index (χ4n) is 1.05. The molecule has 0 saturated carbocycles. The minimum absolute atomic E-state index is 1.62. The van der Waals surface area contributed by atoms with Gasteiger partial charge >= 0.3 is 0 Å². The Kier molecular flexibility index (Phi) is 9.45. The number of nitrogens with one attached hydrogen (secondary N) is 4. The third-order valence-electron chi connectivity index (χ3n) is 1.89. The van der Waals surface area contributed by atoms with E-state index in [2.05, 4.69) is 24.9 Å². The van der Waals surface area contributed by atoms with Crippen LogP contribution in [0.15, 0.2) is 92.3 Å². The van der Waals surface area contributed by atoms with Crippen LogP contribution in [0.3, 0.4) is 0 Å². The molecule has 0 aromatic carbocycles. The van der Waals surface area contributed by atoms with Crippen molar-refractivity contribution in [2.24, 2.45) is 0 Å². The highest BCUT2D eigenvalue weighted by atomic mass is 14.8. The van der Waals surface area contributed by atoms with Crippen molar-refractivity contribution < 1.29 is 0 Å². The summed E-state index contributed by atoms with van der Waals surface area (Å²) in [6.45, 7) is 0. The van der Waals surface area contributed by atoms with Crippen molar-refractivity contribution in [3.8, 4) is 0 Å². The van der Waals surface area contributed by atoms with Crippen molar-refractivity contribution >= 4 is 0 Å². The number of nitrogens with zero attached hydrogens (tertiary/aromatic N) is 1. The van der Waals surface area contributed by atoms with Gasteiger partial charge in [0.25, 0.3) is 0 Å². The van der Waals surface area contributed by atoms with E-state index < -0.39 is 0 Å². The van der Waals surface area contributed by atoms with Crippen LogP contribution in [-0.2, 0) is 0 Å². The average Bonchev–Trinajstić information content (AvgIpc) is 3.40. The molecule has 20 heavy (non-hydrogen) atoms. The second-order valence-corrected chi connectivity index (χ2v) is 3.42. The maximum atomic E-state index is 3.67. The summed E-state index contributed by atoms with van der Waals surface area (Å²) < 4.78 is 0. The largest absolute Gasteiger partial charge is 0.368 e. The van der Waals surface area contributed by atoms with Crippen LogP contribution in [0.25, 0.3) is 0 Å². The lowest BCUT2D eigenvalue weighted by Gasteiger charge is -1.49. The Labute approximate surface area is 118 Å². The van der Waals surface area contributed by atoms with Gasteiger partial charge in [-0.3, -0.25) is 0 Å². The summed E-state index contributed by atoms with van der Waals surface area (Å²) in [5.41, 5.74) is 0. The average molecular weight is 269 g/mol. The third kappa shape index (κ3) is 10.2. The Morgan fingerprint density at radius 3 is 0.950 bits per heavy atom. The molecule has 4 N–H and O–H groups in total. The van der Waals surface area contributed by atoms with Crippen LogP contribution in [0.2, 0.25) is 0 Å². The van der Waals surface area contributed by atoms with Gasteiger partial charge in [-0.15, -0.1) is 0 Å². The zero-order chi connectivity index (χ0) is 14.1. The second kappa shape index (κ2) is 12.5. The maximum absolute atomic E-state index is 3.67. The van der Waals surface area contributed by atoms with E-state index in [1.54, 1.807) is 18.7 Å². The van der Waals surface area contributed by atoms with Gasteiger partial charge in [-0.05, 0) is 36.4 Å². The molecule has 4 aromatic rings. The van der Waals surface area contributed by atoms with Gasteiger partial charge in [0, 0.05) is 49.6 Å². The fraction of sp³-hybridized carbons (Fsp3) is 0.